The first-order valence-electron chi connectivity index (χ1n) is 8.49. The molecule has 26 heavy (non-hydrogen) atoms. The quantitative estimate of drug-likeness (QED) is 0.714. The molecule has 0 heterocycles. The third-order valence-corrected chi connectivity index (χ3v) is 4.13. The number of anilines is 1. The molecular formula is C20H24FN3O2. The Bertz CT molecular complexity index is 772. The fourth-order valence-electron chi connectivity index (χ4n) is 2.62. The molecule has 138 valence electrons. The van der Waals surface area contributed by atoms with Gasteiger partial charge in [0, 0.05) is 17.3 Å². The van der Waals surface area contributed by atoms with Crippen LogP contribution < -0.4 is 16.0 Å². The van der Waals surface area contributed by atoms with Crippen molar-refractivity contribution in [1.82, 2.24) is 10.6 Å². The largest absolute Gasteiger partial charge is 0.346 e. The van der Waals surface area contributed by atoms with Crippen LogP contribution in [-0.4, -0.2) is 24.9 Å². The van der Waals surface area contributed by atoms with Crippen LogP contribution >= 0.6 is 0 Å². The Morgan fingerprint density at radius 1 is 0.962 bits per heavy atom. The van der Waals surface area contributed by atoms with Gasteiger partial charge in [-0.15, -0.1) is 0 Å². The van der Waals surface area contributed by atoms with Crippen molar-refractivity contribution in [3.05, 3.63) is 65.0 Å². The molecule has 0 bridgehead atoms. The molecule has 0 spiro atoms. The number of hydrogen-bond donors (Lipinski definition) is 3. The number of nitrogens with one attached hydrogen (secondary N) is 3. The van der Waals surface area contributed by atoms with Crippen molar-refractivity contribution in [2.75, 3.05) is 18.4 Å². The van der Waals surface area contributed by atoms with Gasteiger partial charge < -0.3 is 16.0 Å². The third-order valence-electron chi connectivity index (χ3n) is 4.13. The normalized spacial score (nSPS) is 11.7. The van der Waals surface area contributed by atoms with E-state index in [1.165, 1.54) is 6.07 Å². The van der Waals surface area contributed by atoms with Crippen LogP contribution in [0.5, 0.6) is 0 Å². The van der Waals surface area contributed by atoms with Gasteiger partial charge in [0.2, 0.25) is 11.8 Å². The van der Waals surface area contributed by atoms with Crippen molar-refractivity contribution in [2.45, 2.75) is 26.8 Å². The molecule has 0 radical (unpaired) electrons. The number of amides is 2. The summed E-state index contributed by atoms with van der Waals surface area (Å²) in [5.41, 5.74) is 3.18. The van der Waals surface area contributed by atoms with E-state index in [9.17, 15) is 14.0 Å². The molecule has 2 rings (SSSR count). The van der Waals surface area contributed by atoms with Gasteiger partial charge in [-0.3, -0.25) is 9.59 Å². The standard InChI is InChI=1S/C20H24FN3O2/c1-13-7-6-8-14(2)20(13)24-19(26)12-23-18(25)11-22-15(3)16-9-4-5-10-17(16)21/h4-10,15,22H,11-12H2,1-3H3,(H,23,25)(H,24,26). The Morgan fingerprint density at radius 2 is 1.62 bits per heavy atom. The molecular weight excluding hydrogens is 333 g/mol. The Hall–Kier alpha value is -2.73. The lowest BCUT2D eigenvalue weighted by Crippen LogP contribution is -2.39. The molecule has 2 amide bonds. The minimum atomic E-state index is -0.329. The second kappa shape index (κ2) is 9.10. The van der Waals surface area contributed by atoms with E-state index in [1.807, 2.05) is 32.0 Å². The van der Waals surface area contributed by atoms with Gasteiger partial charge in [-0.05, 0) is 38.0 Å². The minimum absolute atomic E-state index is 0.00776. The maximum Gasteiger partial charge on any atom is 0.243 e. The summed E-state index contributed by atoms with van der Waals surface area (Å²) in [5, 5.41) is 8.31. The summed E-state index contributed by atoms with van der Waals surface area (Å²) in [7, 11) is 0. The maximum absolute atomic E-state index is 13.7. The summed E-state index contributed by atoms with van der Waals surface area (Å²) >= 11 is 0. The van der Waals surface area contributed by atoms with Gasteiger partial charge in [0.1, 0.15) is 5.82 Å². The Morgan fingerprint density at radius 3 is 2.27 bits per heavy atom. The van der Waals surface area contributed by atoms with E-state index >= 15 is 0 Å². The van der Waals surface area contributed by atoms with Crippen LogP contribution in [0.4, 0.5) is 10.1 Å². The highest BCUT2D eigenvalue weighted by molar-refractivity contribution is 5.95. The highest BCUT2D eigenvalue weighted by Gasteiger charge is 2.12. The van der Waals surface area contributed by atoms with Crippen LogP contribution in [0.25, 0.3) is 0 Å². The molecule has 0 aliphatic carbocycles. The van der Waals surface area contributed by atoms with Gasteiger partial charge in [-0.2, -0.15) is 0 Å². The van der Waals surface area contributed by atoms with E-state index in [1.54, 1.807) is 25.1 Å². The predicted octanol–water partition coefficient (Wildman–Crippen LogP) is 2.85. The first-order chi connectivity index (χ1) is 12.4. The lowest BCUT2D eigenvalue weighted by molar-refractivity contribution is -0.123. The molecule has 6 heteroatoms. The Kier molecular flexibility index (Phi) is 6.86. The van der Waals surface area contributed by atoms with Crippen LogP contribution in [0.1, 0.15) is 29.7 Å². The van der Waals surface area contributed by atoms with Gasteiger partial charge in [-0.25, -0.2) is 4.39 Å². The van der Waals surface area contributed by atoms with E-state index in [2.05, 4.69) is 16.0 Å². The number of aryl methyl sites for hydroxylation is 2. The van der Waals surface area contributed by atoms with Crippen molar-refractivity contribution in [2.24, 2.45) is 0 Å². The monoisotopic (exact) mass is 357 g/mol. The van der Waals surface area contributed by atoms with Gasteiger partial charge in [0.25, 0.3) is 0 Å². The molecule has 1 unspecified atom stereocenters. The highest BCUT2D eigenvalue weighted by Crippen LogP contribution is 2.19. The topological polar surface area (TPSA) is 70.2 Å². The van der Waals surface area contributed by atoms with E-state index in [0.717, 1.165) is 16.8 Å². The summed E-state index contributed by atoms with van der Waals surface area (Å²) in [6, 6.07) is 11.8. The first kappa shape index (κ1) is 19.6. The fraction of sp³-hybridized carbons (Fsp3) is 0.300. The van der Waals surface area contributed by atoms with Crippen molar-refractivity contribution in [3.8, 4) is 0 Å². The van der Waals surface area contributed by atoms with Gasteiger partial charge in [-0.1, -0.05) is 36.4 Å². The molecule has 2 aromatic rings. The van der Waals surface area contributed by atoms with E-state index in [0.29, 0.717) is 5.56 Å². The molecule has 0 aliphatic heterocycles. The minimum Gasteiger partial charge on any atom is -0.346 e. The number of carbonyl (C=O) groups excluding carboxylic acids is 2. The summed E-state index contributed by atoms with van der Waals surface area (Å²) in [4.78, 5) is 23.9. The number of benzene rings is 2. The predicted molar refractivity (Wildman–Crippen MR) is 100 cm³/mol. The van der Waals surface area contributed by atoms with Gasteiger partial charge >= 0.3 is 0 Å². The van der Waals surface area contributed by atoms with Gasteiger partial charge in [0.05, 0.1) is 13.1 Å². The van der Waals surface area contributed by atoms with Crippen molar-refractivity contribution >= 4 is 17.5 Å². The van der Waals surface area contributed by atoms with E-state index in [4.69, 9.17) is 0 Å². The SMILES string of the molecule is Cc1cccc(C)c1NC(=O)CNC(=O)CNC(C)c1ccccc1F. The van der Waals surface area contributed by atoms with Crippen molar-refractivity contribution in [1.29, 1.82) is 0 Å². The average molecular weight is 357 g/mol. The maximum atomic E-state index is 13.7. The molecule has 1 atom stereocenters. The third kappa shape index (κ3) is 5.39. The Labute approximate surface area is 153 Å². The zero-order valence-electron chi connectivity index (χ0n) is 15.2. The van der Waals surface area contributed by atoms with Gasteiger partial charge in [0.15, 0.2) is 0 Å². The molecule has 2 aromatic carbocycles. The molecule has 0 saturated carbocycles. The second-order valence-corrected chi connectivity index (χ2v) is 6.22. The number of carbonyl (C=O) groups is 2. The second-order valence-electron chi connectivity index (χ2n) is 6.22. The number of hydrogen-bond acceptors (Lipinski definition) is 3. The van der Waals surface area contributed by atoms with Crippen molar-refractivity contribution < 1.29 is 14.0 Å². The smallest absolute Gasteiger partial charge is 0.243 e. The fourth-order valence-corrected chi connectivity index (χ4v) is 2.62. The van der Waals surface area contributed by atoms with Crippen LogP contribution in [0.15, 0.2) is 42.5 Å². The van der Waals surface area contributed by atoms with E-state index < -0.39 is 0 Å². The number of para-hydroxylation sites is 1. The van der Waals surface area contributed by atoms with E-state index in [-0.39, 0.29) is 36.8 Å². The molecule has 0 saturated heterocycles. The van der Waals surface area contributed by atoms with Crippen LogP contribution in [0, 0.1) is 19.7 Å². The lowest BCUT2D eigenvalue weighted by Gasteiger charge is -2.15. The summed E-state index contributed by atoms with van der Waals surface area (Å²) in [6.07, 6.45) is 0. The molecule has 0 fully saturated rings. The van der Waals surface area contributed by atoms with Crippen LogP contribution in [0.2, 0.25) is 0 Å². The number of rotatable bonds is 7. The van der Waals surface area contributed by atoms with Crippen LogP contribution in [0.3, 0.4) is 0 Å². The highest BCUT2D eigenvalue weighted by atomic mass is 19.1. The summed E-state index contributed by atoms with van der Waals surface area (Å²) < 4.78 is 13.7. The zero-order chi connectivity index (χ0) is 19.1. The van der Waals surface area contributed by atoms with Crippen LogP contribution in [-0.2, 0) is 9.59 Å². The molecule has 3 N–H and O–H groups in total. The van der Waals surface area contributed by atoms with Crippen molar-refractivity contribution in [3.63, 3.8) is 0 Å². The molecule has 0 aliphatic rings. The summed E-state index contributed by atoms with van der Waals surface area (Å²) in [6.45, 7) is 5.47. The molecule has 0 aromatic heterocycles. The average Bonchev–Trinajstić information content (AvgIpc) is 2.61. The summed E-state index contributed by atoms with van der Waals surface area (Å²) in [5.74, 6) is -0.941. The first-order valence-corrected chi connectivity index (χ1v) is 8.49. The zero-order valence-corrected chi connectivity index (χ0v) is 15.2. The Balaban J connectivity index is 1.78. The lowest BCUT2D eigenvalue weighted by atomic mass is 10.1. The molecule has 5 nitrogen and oxygen atoms in total. The number of halogens is 1.